The highest BCUT2D eigenvalue weighted by atomic mass is 32.1. The number of amides is 1. The van der Waals surface area contributed by atoms with Crippen LogP contribution in [0.1, 0.15) is 15.2 Å². The van der Waals surface area contributed by atoms with Gasteiger partial charge in [-0.25, -0.2) is 4.98 Å². The van der Waals surface area contributed by atoms with E-state index in [4.69, 9.17) is 5.26 Å². The summed E-state index contributed by atoms with van der Waals surface area (Å²) in [7, 11) is 0. The Morgan fingerprint density at radius 3 is 2.81 bits per heavy atom. The number of thiazole rings is 1. The van der Waals surface area contributed by atoms with E-state index in [1.807, 2.05) is 6.07 Å². The second kappa shape index (κ2) is 4.51. The Morgan fingerprint density at radius 1 is 1.44 bits per heavy atom. The first-order valence-corrected chi connectivity index (χ1v) is 5.18. The third-order valence-corrected chi connectivity index (χ3v) is 2.60. The molecule has 2 rings (SSSR count). The van der Waals surface area contributed by atoms with E-state index >= 15 is 0 Å². The molecule has 78 valence electrons. The fourth-order valence-corrected chi connectivity index (χ4v) is 1.66. The fourth-order valence-electron chi connectivity index (χ4n) is 1.06. The average molecular weight is 230 g/mol. The van der Waals surface area contributed by atoms with Gasteiger partial charge in [-0.05, 0) is 12.1 Å². The van der Waals surface area contributed by atoms with Crippen LogP contribution >= 0.6 is 11.3 Å². The molecule has 6 heteroatoms. The topological polar surface area (TPSA) is 78.7 Å². The van der Waals surface area contributed by atoms with Crippen molar-refractivity contribution in [3.63, 3.8) is 0 Å². The zero-order valence-electron chi connectivity index (χ0n) is 8.04. The van der Waals surface area contributed by atoms with Crippen LogP contribution in [-0.2, 0) is 0 Å². The van der Waals surface area contributed by atoms with Crippen LogP contribution in [0.25, 0.3) is 0 Å². The highest BCUT2D eigenvalue weighted by Gasteiger charge is 2.08. The molecule has 16 heavy (non-hydrogen) atoms. The molecule has 0 aromatic carbocycles. The number of carbonyl (C=O) groups excluding carboxylic acids is 1. The minimum atomic E-state index is -0.263. The van der Waals surface area contributed by atoms with Gasteiger partial charge in [-0.3, -0.25) is 15.1 Å². The lowest BCUT2D eigenvalue weighted by molar-refractivity contribution is 0.102. The van der Waals surface area contributed by atoms with Gasteiger partial charge in [-0.1, -0.05) is 11.3 Å². The minimum Gasteiger partial charge on any atom is -0.298 e. The molecular formula is C10H6N4OS. The van der Waals surface area contributed by atoms with Crippen molar-refractivity contribution in [2.45, 2.75) is 0 Å². The van der Waals surface area contributed by atoms with Crippen LogP contribution in [0.15, 0.2) is 30.7 Å². The van der Waals surface area contributed by atoms with Crippen molar-refractivity contribution in [2.24, 2.45) is 0 Å². The lowest BCUT2D eigenvalue weighted by Gasteiger charge is -1.99. The van der Waals surface area contributed by atoms with E-state index in [2.05, 4.69) is 15.3 Å². The number of nitrogens with zero attached hydrogens (tertiary/aromatic N) is 3. The molecule has 0 atom stereocenters. The van der Waals surface area contributed by atoms with E-state index in [-0.39, 0.29) is 5.91 Å². The van der Waals surface area contributed by atoms with Crippen molar-refractivity contribution in [1.29, 1.82) is 5.26 Å². The van der Waals surface area contributed by atoms with Crippen LogP contribution in [-0.4, -0.2) is 15.9 Å². The number of hydrogen-bond acceptors (Lipinski definition) is 5. The number of aromatic nitrogens is 2. The van der Waals surface area contributed by atoms with Gasteiger partial charge in [0.25, 0.3) is 5.91 Å². The predicted molar refractivity (Wildman–Crippen MR) is 59.0 cm³/mol. The van der Waals surface area contributed by atoms with Crippen LogP contribution in [0.2, 0.25) is 0 Å². The summed E-state index contributed by atoms with van der Waals surface area (Å²) in [5.74, 6) is -0.263. The number of anilines is 1. The highest BCUT2D eigenvalue weighted by Crippen LogP contribution is 2.17. The predicted octanol–water partition coefficient (Wildman–Crippen LogP) is 1.66. The standard InChI is InChI=1S/C10H6N4OS/c11-5-8-6-13-10(16-8)14-9(15)7-1-3-12-4-2-7/h1-4,6H,(H,13,14,15). The Balaban J connectivity index is 2.11. The Bertz CT molecular complexity index is 543. The SMILES string of the molecule is N#Cc1cnc(NC(=O)c2ccncc2)s1. The van der Waals surface area contributed by atoms with Crippen LogP contribution in [0.3, 0.4) is 0 Å². The van der Waals surface area contributed by atoms with Crippen LogP contribution < -0.4 is 5.32 Å². The molecule has 0 unspecified atom stereocenters. The summed E-state index contributed by atoms with van der Waals surface area (Å²) in [5, 5.41) is 11.6. The molecule has 0 bridgehead atoms. The van der Waals surface area contributed by atoms with Gasteiger partial charge in [0.2, 0.25) is 0 Å². The lowest BCUT2D eigenvalue weighted by Crippen LogP contribution is -2.11. The quantitative estimate of drug-likeness (QED) is 0.850. The van der Waals surface area contributed by atoms with Gasteiger partial charge < -0.3 is 0 Å². The van der Waals surface area contributed by atoms with Gasteiger partial charge in [0.1, 0.15) is 10.9 Å². The summed E-state index contributed by atoms with van der Waals surface area (Å²) in [4.78, 5) is 19.8. The molecule has 0 spiro atoms. The van der Waals surface area contributed by atoms with Gasteiger partial charge in [0.15, 0.2) is 5.13 Å². The summed E-state index contributed by atoms with van der Waals surface area (Å²) in [5.41, 5.74) is 0.503. The number of nitriles is 1. The van der Waals surface area contributed by atoms with Crippen LogP contribution in [0.4, 0.5) is 5.13 Å². The fraction of sp³-hybridized carbons (Fsp3) is 0. The summed E-state index contributed by atoms with van der Waals surface area (Å²) in [6.07, 6.45) is 4.50. The molecule has 0 saturated heterocycles. The van der Waals surface area contributed by atoms with Crippen LogP contribution in [0, 0.1) is 11.3 Å². The zero-order valence-corrected chi connectivity index (χ0v) is 8.86. The first-order chi connectivity index (χ1) is 7.79. The number of nitrogens with one attached hydrogen (secondary N) is 1. The summed E-state index contributed by atoms with van der Waals surface area (Å²) < 4.78 is 0. The molecule has 0 aliphatic carbocycles. The van der Waals surface area contributed by atoms with Crippen molar-refractivity contribution in [3.05, 3.63) is 41.2 Å². The van der Waals surface area contributed by atoms with E-state index in [1.54, 1.807) is 12.1 Å². The summed E-state index contributed by atoms with van der Waals surface area (Å²) >= 11 is 1.14. The minimum absolute atomic E-state index is 0.263. The molecule has 2 aromatic rings. The van der Waals surface area contributed by atoms with Gasteiger partial charge >= 0.3 is 0 Å². The molecule has 1 N–H and O–H groups in total. The summed E-state index contributed by atoms with van der Waals surface area (Å²) in [6.45, 7) is 0. The molecule has 0 aliphatic heterocycles. The molecule has 2 heterocycles. The number of hydrogen-bond donors (Lipinski definition) is 1. The maximum Gasteiger partial charge on any atom is 0.257 e. The molecular weight excluding hydrogens is 224 g/mol. The van der Waals surface area contributed by atoms with E-state index < -0.39 is 0 Å². The lowest BCUT2D eigenvalue weighted by atomic mass is 10.2. The van der Waals surface area contributed by atoms with Crippen molar-refractivity contribution >= 4 is 22.4 Å². The third-order valence-electron chi connectivity index (χ3n) is 1.78. The van der Waals surface area contributed by atoms with Gasteiger partial charge in [0.05, 0.1) is 6.20 Å². The van der Waals surface area contributed by atoms with Gasteiger partial charge in [-0.2, -0.15) is 5.26 Å². The molecule has 2 aromatic heterocycles. The Morgan fingerprint density at radius 2 is 2.19 bits per heavy atom. The average Bonchev–Trinajstić information content (AvgIpc) is 2.78. The molecule has 5 nitrogen and oxygen atoms in total. The Hall–Kier alpha value is -2.26. The monoisotopic (exact) mass is 230 g/mol. The van der Waals surface area contributed by atoms with Gasteiger partial charge in [0, 0.05) is 18.0 Å². The van der Waals surface area contributed by atoms with Crippen molar-refractivity contribution in [1.82, 2.24) is 9.97 Å². The number of rotatable bonds is 2. The largest absolute Gasteiger partial charge is 0.298 e. The molecule has 0 fully saturated rings. The second-order valence-corrected chi connectivity index (χ2v) is 3.86. The zero-order chi connectivity index (χ0) is 11.4. The highest BCUT2D eigenvalue weighted by molar-refractivity contribution is 7.16. The summed E-state index contributed by atoms with van der Waals surface area (Å²) in [6, 6.07) is 5.17. The smallest absolute Gasteiger partial charge is 0.257 e. The molecule has 0 aliphatic rings. The molecule has 0 radical (unpaired) electrons. The molecule has 0 saturated carbocycles. The Labute approximate surface area is 95.4 Å². The number of carbonyl (C=O) groups is 1. The van der Waals surface area contributed by atoms with E-state index in [9.17, 15) is 4.79 Å². The maximum atomic E-state index is 11.7. The maximum absolute atomic E-state index is 11.7. The normalized spacial score (nSPS) is 9.44. The van der Waals surface area contributed by atoms with E-state index in [0.717, 1.165) is 11.3 Å². The molecule has 1 amide bonds. The first-order valence-electron chi connectivity index (χ1n) is 4.37. The van der Waals surface area contributed by atoms with Crippen molar-refractivity contribution in [3.8, 4) is 6.07 Å². The van der Waals surface area contributed by atoms with Crippen LogP contribution in [0.5, 0.6) is 0 Å². The van der Waals surface area contributed by atoms with Crippen molar-refractivity contribution < 1.29 is 4.79 Å². The van der Waals surface area contributed by atoms with E-state index in [1.165, 1.54) is 18.6 Å². The third kappa shape index (κ3) is 2.21. The van der Waals surface area contributed by atoms with Gasteiger partial charge in [-0.15, -0.1) is 0 Å². The van der Waals surface area contributed by atoms with Crippen molar-refractivity contribution in [2.75, 3.05) is 5.32 Å². The second-order valence-electron chi connectivity index (χ2n) is 2.83. The van der Waals surface area contributed by atoms with E-state index in [0.29, 0.717) is 15.6 Å². The Kier molecular flexibility index (Phi) is 2.89. The first kappa shape index (κ1) is 10.3. The number of pyridine rings is 1.